The summed E-state index contributed by atoms with van der Waals surface area (Å²) in [6.45, 7) is 0. The Balaban J connectivity index is 2.34. The number of nitrogens with zero attached hydrogens (tertiary/aromatic N) is 2. The Kier molecular flexibility index (Phi) is 1.86. The molecule has 5 heteroatoms. The number of hydrogen-bond donors (Lipinski definition) is 2. The van der Waals surface area contributed by atoms with Crippen LogP contribution in [0, 0.1) is 0 Å². The summed E-state index contributed by atoms with van der Waals surface area (Å²) in [4.78, 5) is 8.28. The van der Waals surface area contributed by atoms with E-state index in [1.54, 1.807) is 6.07 Å². The number of nitrogens with one attached hydrogen (secondary N) is 1. The minimum absolute atomic E-state index is 0.444. The van der Waals surface area contributed by atoms with Gasteiger partial charge in [-0.3, -0.25) is 0 Å². The fourth-order valence-corrected chi connectivity index (χ4v) is 1.22. The maximum absolute atomic E-state index is 5.75. The highest BCUT2D eigenvalue weighted by Crippen LogP contribution is 2.38. The van der Waals surface area contributed by atoms with Gasteiger partial charge in [0.25, 0.3) is 0 Å². The Morgan fingerprint density at radius 1 is 1.50 bits per heavy atom. The predicted octanol–water partition coefficient (Wildman–Crippen LogP) is 1.29. The van der Waals surface area contributed by atoms with E-state index < -0.39 is 0 Å². The van der Waals surface area contributed by atoms with Gasteiger partial charge in [-0.05, 0) is 12.8 Å². The van der Waals surface area contributed by atoms with Gasteiger partial charge in [-0.15, -0.1) is 0 Å². The van der Waals surface area contributed by atoms with Crippen LogP contribution in [0.15, 0.2) is 6.07 Å². The third-order valence-corrected chi connectivity index (χ3v) is 2.00. The number of aromatic nitrogens is 2. The first-order chi connectivity index (χ1) is 5.79. The van der Waals surface area contributed by atoms with Crippen LogP contribution in [0.2, 0.25) is 5.15 Å². The van der Waals surface area contributed by atoms with Crippen molar-refractivity contribution in [2.45, 2.75) is 18.8 Å². The maximum atomic E-state index is 5.75. The summed E-state index contributed by atoms with van der Waals surface area (Å²) < 4.78 is 0. The smallest absolute Gasteiger partial charge is 0.145 e. The van der Waals surface area contributed by atoms with E-state index in [0.717, 1.165) is 18.7 Å². The minimum Gasteiger partial charge on any atom is -0.308 e. The Morgan fingerprint density at radius 2 is 2.25 bits per heavy atom. The highest BCUT2D eigenvalue weighted by molar-refractivity contribution is 6.29. The fourth-order valence-electron chi connectivity index (χ4n) is 1.03. The third kappa shape index (κ3) is 1.49. The van der Waals surface area contributed by atoms with Gasteiger partial charge in [0.1, 0.15) is 16.8 Å². The first kappa shape index (κ1) is 7.76. The summed E-state index contributed by atoms with van der Waals surface area (Å²) in [5, 5.41) is 0.444. The van der Waals surface area contributed by atoms with E-state index in [0.29, 0.717) is 16.9 Å². The molecular formula is C7H9ClN4. The second-order valence-electron chi connectivity index (χ2n) is 2.85. The molecule has 2 rings (SSSR count). The van der Waals surface area contributed by atoms with Crippen molar-refractivity contribution in [1.82, 2.24) is 9.97 Å². The van der Waals surface area contributed by atoms with Crippen LogP contribution in [0.4, 0.5) is 5.82 Å². The number of rotatable bonds is 2. The SMILES string of the molecule is NNc1cc(Cl)nc(C2CC2)n1. The molecule has 1 aliphatic carbocycles. The second kappa shape index (κ2) is 2.88. The molecule has 0 aliphatic heterocycles. The first-order valence-electron chi connectivity index (χ1n) is 3.80. The molecule has 0 unspecified atom stereocenters. The summed E-state index contributed by atoms with van der Waals surface area (Å²) in [7, 11) is 0. The molecule has 1 saturated carbocycles. The van der Waals surface area contributed by atoms with Crippen LogP contribution >= 0.6 is 11.6 Å². The predicted molar refractivity (Wildman–Crippen MR) is 46.8 cm³/mol. The van der Waals surface area contributed by atoms with Crippen LogP contribution in [0.5, 0.6) is 0 Å². The molecule has 1 aromatic heterocycles. The lowest BCUT2D eigenvalue weighted by Crippen LogP contribution is -2.10. The quantitative estimate of drug-likeness (QED) is 0.413. The highest BCUT2D eigenvalue weighted by Gasteiger charge is 2.27. The average molecular weight is 185 g/mol. The molecule has 3 N–H and O–H groups in total. The number of nitrogens with two attached hydrogens (primary N) is 1. The molecule has 0 saturated heterocycles. The minimum atomic E-state index is 0.444. The fraction of sp³-hybridized carbons (Fsp3) is 0.429. The van der Waals surface area contributed by atoms with Crippen molar-refractivity contribution < 1.29 is 0 Å². The van der Waals surface area contributed by atoms with Crippen LogP contribution in [-0.2, 0) is 0 Å². The zero-order valence-electron chi connectivity index (χ0n) is 6.42. The van der Waals surface area contributed by atoms with E-state index in [1.165, 1.54) is 0 Å². The van der Waals surface area contributed by atoms with Gasteiger partial charge in [-0.25, -0.2) is 15.8 Å². The second-order valence-corrected chi connectivity index (χ2v) is 3.24. The van der Waals surface area contributed by atoms with Crippen molar-refractivity contribution in [3.05, 3.63) is 17.0 Å². The van der Waals surface area contributed by atoms with Gasteiger partial charge in [0.15, 0.2) is 0 Å². The van der Waals surface area contributed by atoms with E-state index in [4.69, 9.17) is 17.4 Å². The summed E-state index contributed by atoms with van der Waals surface area (Å²) in [5.74, 6) is 7.09. The van der Waals surface area contributed by atoms with E-state index in [2.05, 4.69) is 15.4 Å². The van der Waals surface area contributed by atoms with Crippen LogP contribution in [-0.4, -0.2) is 9.97 Å². The van der Waals surface area contributed by atoms with Crippen molar-refractivity contribution >= 4 is 17.4 Å². The summed E-state index contributed by atoms with van der Waals surface area (Å²) in [6, 6.07) is 1.60. The molecule has 1 aliphatic rings. The molecule has 0 atom stereocenters. The number of halogens is 1. The number of hydrogen-bond acceptors (Lipinski definition) is 4. The van der Waals surface area contributed by atoms with Gasteiger partial charge in [-0.1, -0.05) is 11.6 Å². The van der Waals surface area contributed by atoms with Crippen LogP contribution in [0.25, 0.3) is 0 Å². The van der Waals surface area contributed by atoms with Crippen molar-refractivity contribution in [1.29, 1.82) is 0 Å². The number of nitrogen functional groups attached to an aromatic ring is 1. The third-order valence-electron chi connectivity index (χ3n) is 1.80. The highest BCUT2D eigenvalue weighted by atomic mass is 35.5. The average Bonchev–Trinajstić information content (AvgIpc) is 2.85. The van der Waals surface area contributed by atoms with Gasteiger partial charge in [0.2, 0.25) is 0 Å². The molecule has 64 valence electrons. The summed E-state index contributed by atoms with van der Waals surface area (Å²) in [6.07, 6.45) is 2.31. The molecule has 4 nitrogen and oxygen atoms in total. The molecule has 1 heterocycles. The van der Waals surface area contributed by atoms with E-state index in [1.807, 2.05) is 0 Å². The van der Waals surface area contributed by atoms with Gasteiger partial charge in [-0.2, -0.15) is 0 Å². The molecule has 0 radical (unpaired) electrons. The Morgan fingerprint density at radius 3 is 2.83 bits per heavy atom. The van der Waals surface area contributed by atoms with Crippen LogP contribution < -0.4 is 11.3 Å². The molecule has 0 amide bonds. The lowest BCUT2D eigenvalue weighted by Gasteiger charge is -2.01. The molecule has 0 aromatic carbocycles. The van der Waals surface area contributed by atoms with Gasteiger partial charge < -0.3 is 5.43 Å². The standard InChI is InChI=1S/C7H9ClN4/c8-5-3-6(12-9)11-7(10-5)4-1-2-4/h3-4H,1-2,9H2,(H,10,11,12). The van der Waals surface area contributed by atoms with Crippen molar-refractivity contribution in [2.75, 3.05) is 5.43 Å². The molecule has 1 fully saturated rings. The van der Waals surface area contributed by atoms with Gasteiger partial charge in [0, 0.05) is 12.0 Å². The van der Waals surface area contributed by atoms with Crippen LogP contribution in [0.1, 0.15) is 24.6 Å². The molecular weight excluding hydrogens is 176 g/mol. The molecule has 0 spiro atoms. The summed E-state index contributed by atoms with van der Waals surface area (Å²) >= 11 is 5.75. The van der Waals surface area contributed by atoms with E-state index >= 15 is 0 Å². The first-order valence-corrected chi connectivity index (χ1v) is 4.18. The Labute approximate surface area is 75.1 Å². The van der Waals surface area contributed by atoms with Crippen LogP contribution in [0.3, 0.4) is 0 Å². The largest absolute Gasteiger partial charge is 0.308 e. The van der Waals surface area contributed by atoms with Crippen molar-refractivity contribution in [3.8, 4) is 0 Å². The Bertz CT molecular complexity index is 297. The normalized spacial score (nSPS) is 16.2. The lowest BCUT2D eigenvalue weighted by molar-refractivity contribution is 0.926. The summed E-state index contributed by atoms with van der Waals surface area (Å²) in [5.41, 5.74) is 2.46. The van der Waals surface area contributed by atoms with E-state index in [9.17, 15) is 0 Å². The number of anilines is 1. The van der Waals surface area contributed by atoms with Crippen molar-refractivity contribution in [2.24, 2.45) is 5.84 Å². The number of hydrazine groups is 1. The van der Waals surface area contributed by atoms with E-state index in [-0.39, 0.29) is 0 Å². The van der Waals surface area contributed by atoms with Gasteiger partial charge in [0.05, 0.1) is 0 Å². The Hall–Kier alpha value is -0.870. The molecule has 0 bridgehead atoms. The lowest BCUT2D eigenvalue weighted by atomic mass is 10.4. The van der Waals surface area contributed by atoms with Gasteiger partial charge >= 0.3 is 0 Å². The van der Waals surface area contributed by atoms with Crippen molar-refractivity contribution in [3.63, 3.8) is 0 Å². The zero-order chi connectivity index (χ0) is 8.55. The topological polar surface area (TPSA) is 63.8 Å². The maximum Gasteiger partial charge on any atom is 0.145 e. The molecule has 12 heavy (non-hydrogen) atoms. The monoisotopic (exact) mass is 184 g/mol. The zero-order valence-corrected chi connectivity index (χ0v) is 7.17. The molecule has 1 aromatic rings.